The molecule has 5 N–H and O–H groups in total. The van der Waals surface area contributed by atoms with Gasteiger partial charge in [-0.25, -0.2) is 22.9 Å². The van der Waals surface area contributed by atoms with E-state index in [1.165, 1.54) is 19.9 Å². The molecule has 1 unspecified atom stereocenters. The molecule has 4 heterocycles. The van der Waals surface area contributed by atoms with Gasteiger partial charge in [0.1, 0.15) is 18.3 Å². The minimum atomic E-state index is -1.85. The number of aliphatic hydroxyl groups excluding tert-OH is 2. The highest BCUT2D eigenvalue weighted by atomic mass is 19.2. The summed E-state index contributed by atoms with van der Waals surface area (Å²) in [6.07, 6.45) is -10.9. The minimum absolute atomic E-state index is 0.0408. The smallest absolute Gasteiger partial charge is 0.456 e. The molecule has 0 radical (unpaired) electrons. The fraction of sp³-hybridized carbons (Fsp3) is 0.516. The van der Waals surface area contributed by atoms with Crippen molar-refractivity contribution < 1.29 is 66.5 Å². The number of primary amides is 1. The molecule has 2 amide bonds. The number of rotatable bonds is 11. The van der Waals surface area contributed by atoms with Gasteiger partial charge in [-0.2, -0.15) is 0 Å². The van der Waals surface area contributed by atoms with Crippen LogP contribution in [0.2, 0.25) is 0 Å². The van der Waals surface area contributed by atoms with E-state index in [9.17, 15) is 43.0 Å². The maximum atomic E-state index is 13.8. The van der Waals surface area contributed by atoms with Crippen LogP contribution in [0, 0.1) is 17.6 Å². The number of hydrogen-bond acceptors (Lipinski definition) is 14. The molecule has 0 spiro atoms. The molecule has 1 aromatic heterocycles. The van der Waals surface area contributed by atoms with Crippen LogP contribution < -0.4 is 22.3 Å². The van der Waals surface area contributed by atoms with Crippen LogP contribution in [0.4, 0.5) is 19.3 Å². The number of amides is 2. The lowest BCUT2D eigenvalue weighted by Gasteiger charge is -2.34. The fourth-order valence-corrected chi connectivity index (χ4v) is 5.85. The number of aromatic nitrogens is 2. The second kappa shape index (κ2) is 14.9. The number of carbonyl (C=O) groups excluding carboxylic acids is 3. The summed E-state index contributed by atoms with van der Waals surface area (Å²) < 4.78 is 67.6. The van der Waals surface area contributed by atoms with Crippen LogP contribution in [0.3, 0.4) is 0 Å². The molecule has 51 heavy (non-hydrogen) atoms. The Morgan fingerprint density at radius 2 is 1.86 bits per heavy atom. The molecule has 0 aliphatic carbocycles. The number of anilines is 1. The number of aliphatic hydroxyl groups is 2. The molecular formula is C31H36F2N4O14. The number of carbonyl (C=O) groups is 3. The van der Waals surface area contributed by atoms with Gasteiger partial charge in [0.05, 0.1) is 13.2 Å². The molecular weight excluding hydrogens is 690 g/mol. The summed E-state index contributed by atoms with van der Waals surface area (Å²) in [5.41, 5.74) is 3.62. The SMILES string of the molecule is CCOC(=O)OC(C)n1c(=O)ccn([C@@H]2O[C@H]([C@@H](O[C@H]3OC(C(=O)Nc4ccc(F)c(F)c4)=C[C@@H]4OC(C)(C)O[C@H]34)C(N)=O)[C@@H](CO)[C@H]2O)c1=O. The van der Waals surface area contributed by atoms with Gasteiger partial charge in [-0.05, 0) is 45.9 Å². The summed E-state index contributed by atoms with van der Waals surface area (Å²) in [6.45, 7) is 4.99. The second-order valence-corrected chi connectivity index (χ2v) is 12.1. The first-order chi connectivity index (χ1) is 24.0. The fourth-order valence-electron chi connectivity index (χ4n) is 5.85. The molecule has 3 aliphatic heterocycles. The molecule has 18 nitrogen and oxygen atoms in total. The summed E-state index contributed by atoms with van der Waals surface area (Å²) in [5.74, 6) is -7.48. The van der Waals surface area contributed by atoms with Crippen LogP contribution >= 0.6 is 0 Å². The van der Waals surface area contributed by atoms with Gasteiger partial charge in [0.15, 0.2) is 47.8 Å². The molecule has 2 aromatic rings. The lowest BCUT2D eigenvalue weighted by Crippen LogP contribution is -2.52. The Hall–Kier alpha value is -4.73. The minimum Gasteiger partial charge on any atom is -0.456 e. The number of halogens is 2. The van der Waals surface area contributed by atoms with E-state index in [-0.39, 0.29) is 12.3 Å². The zero-order valence-corrected chi connectivity index (χ0v) is 27.6. The van der Waals surface area contributed by atoms with Crippen LogP contribution in [0.5, 0.6) is 0 Å². The van der Waals surface area contributed by atoms with Crippen molar-refractivity contribution in [2.24, 2.45) is 11.7 Å². The highest BCUT2D eigenvalue weighted by Crippen LogP contribution is 2.40. The Labute approximate surface area is 287 Å². The number of benzene rings is 1. The van der Waals surface area contributed by atoms with Crippen molar-refractivity contribution >= 4 is 23.7 Å². The molecule has 0 saturated carbocycles. The van der Waals surface area contributed by atoms with Crippen molar-refractivity contribution in [3.8, 4) is 0 Å². The van der Waals surface area contributed by atoms with Crippen molar-refractivity contribution in [1.29, 1.82) is 0 Å². The standard InChI is InChI=1S/C31H36F2N4O14/c1-5-45-30(44)46-13(2)37-20(39)8-9-36(29(37)43)27-21(40)15(12-38)22(48-27)24(25(34)41)49-28-23-18(50-31(3,4)51-23)11-19(47-28)26(42)35-14-6-7-16(32)17(33)10-14/h6-11,13,15,18,21-24,27-28,38,40H,5,12H2,1-4H3,(H2,34,41)(H,35,42)/t13?,15-,18-,21+,22-,23-,24+,27+,28+/m0/s1. The van der Waals surface area contributed by atoms with Gasteiger partial charge in [-0.15, -0.1) is 0 Å². The average molecular weight is 727 g/mol. The van der Waals surface area contributed by atoms with E-state index in [2.05, 4.69) is 5.32 Å². The van der Waals surface area contributed by atoms with E-state index in [1.54, 1.807) is 13.8 Å². The molecule has 20 heteroatoms. The summed E-state index contributed by atoms with van der Waals surface area (Å²) in [4.78, 5) is 64.0. The van der Waals surface area contributed by atoms with E-state index >= 15 is 0 Å². The van der Waals surface area contributed by atoms with E-state index in [0.29, 0.717) is 4.57 Å². The first-order valence-electron chi connectivity index (χ1n) is 15.6. The molecule has 5 rings (SSSR count). The Kier molecular flexibility index (Phi) is 10.9. The molecule has 2 fully saturated rings. The van der Waals surface area contributed by atoms with E-state index in [1.807, 2.05) is 0 Å². The molecule has 2 saturated heterocycles. The second-order valence-electron chi connectivity index (χ2n) is 12.1. The van der Waals surface area contributed by atoms with Crippen LogP contribution in [0.15, 0.2) is 51.9 Å². The monoisotopic (exact) mass is 726 g/mol. The van der Waals surface area contributed by atoms with Crippen molar-refractivity contribution in [2.45, 2.75) is 82.7 Å². The summed E-state index contributed by atoms with van der Waals surface area (Å²) in [7, 11) is 0. The zero-order chi connectivity index (χ0) is 37.4. The third-order valence-electron chi connectivity index (χ3n) is 8.12. The molecule has 278 valence electrons. The number of hydrogen-bond donors (Lipinski definition) is 4. The topological polar surface area (TPSA) is 238 Å². The number of nitrogens with one attached hydrogen (secondary N) is 1. The van der Waals surface area contributed by atoms with Crippen LogP contribution in [0.1, 0.15) is 40.2 Å². The Bertz CT molecular complexity index is 1810. The molecule has 1 aromatic carbocycles. The van der Waals surface area contributed by atoms with Gasteiger partial charge in [-0.1, -0.05) is 0 Å². The highest BCUT2D eigenvalue weighted by Gasteiger charge is 2.54. The molecule has 9 atom stereocenters. The van der Waals surface area contributed by atoms with Gasteiger partial charge in [0.25, 0.3) is 11.5 Å². The van der Waals surface area contributed by atoms with Crippen LogP contribution in [0.25, 0.3) is 0 Å². The summed E-state index contributed by atoms with van der Waals surface area (Å²) in [5, 5.41) is 23.9. The van der Waals surface area contributed by atoms with Gasteiger partial charge in [-0.3, -0.25) is 19.0 Å². The van der Waals surface area contributed by atoms with Crippen molar-refractivity contribution in [3.05, 3.63) is 74.8 Å². The van der Waals surface area contributed by atoms with Crippen molar-refractivity contribution in [3.63, 3.8) is 0 Å². The number of nitrogens with two attached hydrogens (primary N) is 1. The van der Waals surface area contributed by atoms with Crippen molar-refractivity contribution in [1.82, 2.24) is 9.13 Å². The van der Waals surface area contributed by atoms with E-state index in [4.69, 9.17) is 38.9 Å². The Morgan fingerprint density at radius 1 is 1.14 bits per heavy atom. The summed E-state index contributed by atoms with van der Waals surface area (Å²) in [6, 6.07) is 3.59. The number of nitrogens with zero attached hydrogens (tertiary/aromatic N) is 2. The normalized spacial score (nSPS) is 27.8. The Morgan fingerprint density at radius 3 is 2.51 bits per heavy atom. The highest BCUT2D eigenvalue weighted by molar-refractivity contribution is 6.02. The number of ether oxygens (including phenoxy) is 7. The van der Waals surface area contributed by atoms with Gasteiger partial charge >= 0.3 is 11.8 Å². The predicted octanol–water partition coefficient (Wildman–Crippen LogP) is 0.116. The number of fused-ring (bicyclic) bond motifs is 1. The zero-order valence-electron chi connectivity index (χ0n) is 27.6. The Balaban J connectivity index is 1.41. The summed E-state index contributed by atoms with van der Waals surface area (Å²) >= 11 is 0. The lowest BCUT2D eigenvalue weighted by atomic mass is 9.94. The predicted molar refractivity (Wildman–Crippen MR) is 164 cm³/mol. The quantitative estimate of drug-likeness (QED) is 0.225. The van der Waals surface area contributed by atoms with Crippen LogP contribution in [-0.4, -0.2) is 93.1 Å². The van der Waals surface area contributed by atoms with Gasteiger partial charge in [0.2, 0.25) is 12.2 Å². The van der Waals surface area contributed by atoms with E-state index in [0.717, 1.165) is 35.0 Å². The van der Waals surface area contributed by atoms with Gasteiger partial charge < -0.3 is 54.4 Å². The lowest BCUT2D eigenvalue weighted by molar-refractivity contribution is -0.239. The van der Waals surface area contributed by atoms with Gasteiger partial charge in [0, 0.05) is 29.9 Å². The first-order valence-corrected chi connectivity index (χ1v) is 15.6. The molecule has 3 aliphatic rings. The third kappa shape index (κ3) is 7.80. The average Bonchev–Trinajstić information content (AvgIpc) is 3.55. The molecule has 0 bridgehead atoms. The largest absolute Gasteiger partial charge is 0.510 e. The maximum Gasteiger partial charge on any atom is 0.510 e. The first kappa shape index (κ1) is 37.5. The third-order valence-corrected chi connectivity index (χ3v) is 8.12. The van der Waals surface area contributed by atoms with Crippen molar-refractivity contribution in [2.75, 3.05) is 18.5 Å². The maximum absolute atomic E-state index is 13.8. The van der Waals surface area contributed by atoms with Crippen LogP contribution in [-0.2, 0) is 42.7 Å². The van der Waals surface area contributed by atoms with E-state index < -0.39 is 114 Å².